The number of methoxy groups -OCH3 is 1. The third kappa shape index (κ3) is 5.24. The number of halogens is 3. The van der Waals surface area contributed by atoms with Crippen molar-refractivity contribution in [3.8, 4) is 0 Å². The number of rotatable bonds is 9. The van der Waals surface area contributed by atoms with Crippen molar-refractivity contribution in [2.24, 2.45) is 5.92 Å². The Kier molecular flexibility index (Phi) is 8.66. The van der Waals surface area contributed by atoms with E-state index in [4.69, 9.17) is 27.9 Å². The molecule has 218 valence electrons. The first-order valence-corrected chi connectivity index (χ1v) is 14.4. The van der Waals surface area contributed by atoms with E-state index in [0.717, 1.165) is 13.1 Å². The summed E-state index contributed by atoms with van der Waals surface area (Å²) in [4.78, 5) is 26.2. The van der Waals surface area contributed by atoms with Crippen LogP contribution in [0.4, 0.5) is 4.39 Å². The van der Waals surface area contributed by atoms with Gasteiger partial charge in [0.2, 0.25) is 0 Å². The van der Waals surface area contributed by atoms with E-state index in [9.17, 15) is 15.0 Å². The summed E-state index contributed by atoms with van der Waals surface area (Å²) in [5.74, 6) is -0.983. The van der Waals surface area contributed by atoms with Crippen LogP contribution in [0.2, 0.25) is 10.0 Å². The van der Waals surface area contributed by atoms with Crippen LogP contribution in [0.15, 0.2) is 48.8 Å². The first-order chi connectivity index (χ1) is 19.7. The monoisotopic (exact) mass is 602 g/mol. The standard InChI is InChI=1S/C30H33Cl2FN4O4/c1-3-29(40,19-8-10-36(11-9-19)12-13-38)21-14-24-27(25(33)15-21)30(41-2,20-4-6-22(31)7-5-20)37(28(24)39)18-26-34-16-23(32)17-35-26/h4-7,14-17,19,38,40H,3,8-13,18H2,1-2H3/t29-,30+/m0/s1. The van der Waals surface area contributed by atoms with Gasteiger partial charge in [0.15, 0.2) is 5.72 Å². The van der Waals surface area contributed by atoms with Gasteiger partial charge in [-0.15, -0.1) is 0 Å². The van der Waals surface area contributed by atoms with Crippen molar-refractivity contribution in [2.45, 2.75) is 44.1 Å². The first-order valence-electron chi connectivity index (χ1n) is 13.7. The summed E-state index contributed by atoms with van der Waals surface area (Å²) in [5, 5.41) is 22.1. The Hall–Kier alpha value is -2.66. The Morgan fingerprint density at radius 2 is 1.78 bits per heavy atom. The summed E-state index contributed by atoms with van der Waals surface area (Å²) in [5.41, 5.74) is -1.96. The molecule has 0 aliphatic carbocycles. The fourth-order valence-corrected chi connectivity index (χ4v) is 6.57. The van der Waals surface area contributed by atoms with Crippen molar-refractivity contribution in [2.75, 3.05) is 33.4 Å². The molecular weight excluding hydrogens is 570 g/mol. The van der Waals surface area contributed by atoms with Gasteiger partial charge < -0.3 is 19.8 Å². The van der Waals surface area contributed by atoms with Gasteiger partial charge in [-0.3, -0.25) is 9.69 Å². The summed E-state index contributed by atoms with van der Waals surface area (Å²) in [6.07, 6.45) is 4.58. The second-order valence-corrected chi connectivity index (χ2v) is 11.4. The van der Waals surface area contributed by atoms with Crippen LogP contribution in [-0.4, -0.2) is 69.2 Å². The number of aliphatic hydroxyl groups excluding tert-OH is 1. The van der Waals surface area contributed by atoms with E-state index in [-0.39, 0.29) is 30.2 Å². The Balaban J connectivity index is 1.62. The molecule has 2 atom stereocenters. The normalized spacial score (nSPS) is 21.2. The van der Waals surface area contributed by atoms with Gasteiger partial charge in [-0.05, 0) is 68.1 Å². The van der Waals surface area contributed by atoms with Crippen molar-refractivity contribution in [1.82, 2.24) is 19.8 Å². The molecular formula is C30H33Cl2FN4O4. The number of nitrogens with zero attached hydrogens (tertiary/aromatic N) is 4. The number of ether oxygens (including phenoxy) is 1. The van der Waals surface area contributed by atoms with E-state index in [1.54, 1.807) is 30.3 Å². The molecule has 3 heterocycles. The Morgan fingerprint density at radius 1 is 1.12 bits per heavy atom. The maximum Gasteiger partial charge on any atom is 0.257 e. The van der Waals surface area contributed by atoms with E-state index in [0.29, 0.717) is 52.8 Å². The lowest BCUT2D eigenvalue weighted by Gasteiger charge is -2.41. The maximum absolute atomic E-state index is 16.5. The number of carbonyl (C=O) groups is 1. The van der Waals surface area contributed by atoms with Crippen molar-refractivity contribution in [1.29, 1.82) is 0 Å². The smallest absolute Gasteiger partial charge is 0.257 e. The molecule has 2 N–H and O–H groups in total. The molecule has 5 rings (SSSR count). The molecule has 3 aromatic rings. The zero-order valence-corrected chi connectivity index (χ0v) is 24.5. The van der Waals surface area contributed by atoms with Crippen molar-refractivity contribution in [3.63, 3.8) is 0 Å². The molecule has 2 aliphatic heterocycles. The molecule has 0 radical (unpaired) electrons. The van der Waals surface area contributed by atoms with Gasteiger partial charge in [-0.1, -0.05) is 42.3 Å². The van der Waals surface area contributed by atoms with Crippen LogP contribution in [0.3, 0.4) is 0 Å². The van der Waals surface area contributed by atoms with Crippen molar-refractivity contribution in [3.05, 3.63) is 92.7 Å². The predicted octanol–water partition coefficient (Wildman–Crippen LogP) is 4.73. The number of carbonyl (C=O) groups excluding carboxylic acids is 1. The number of likely N-dealkylation sites (tertiary alicyclic amines) is 1. The van der Waals surface area contributed by atoms with Crippen molar-refractivity contribution < 1.29 is 24.1 Å². The zero-order valence-electron chi connectivity index (χ0n) is 23.0. The number of β-amino-alcohol motifs (C(OH)–C–C–N with tert-alkyl or cyclic N) is 1. The summed E-state index contributed by atoms with van der Waals surface area (Å²) >= 11 is 12.1. The quantitative estimate of drug-likeness (QED) is 0.365. The number of hydrogen-bond donors (Lipinski definition) is 2. The largest absolute Gasteiger partial charge is 0.395 e. The first kappa shape index (κ1) is 29.8. The van der Waals surface area contributed by atoms with Gasteiger partial charge in [0, 0.05) is 36.6 Å². The lowest BCUT2D eigenvalue weighted by molar-refractivity contribution is -0.0891. The number of fused-ring (bicyclic) bond motifs is 1. The molecule has 11 heteroatoms. The summed E-state index contributed by atoms with van der Waals surface area (Å²) in [6, 6.07) is 9.64. The molecule has 2 aromatic carbocycles. The molecule has 0 bridgehead atoms. The van der Waals surface area contributed by atoms with Crippen LogP contribution < -0.4 is 0 Å². The third-order valence-electron chi connectivity index (χ3n) is 8.51. The van der Waals surface area contributed by atoms with Gasteiger partial charge in [-0.25, -0.2) is 14.4 Å². The number of amides is 1. The molecule has 2 aliphatic rings. The molecule has 1 aromatic heterocycles. The summed E-state index contributed by atoms with van der Waals surface area (Å²) < 4.78 is 22.5. The van der Waals surface area contributed by atoms with E-state index in [1.807, 2.05) is 6.92 Å². The number of benzene rings is 2. The molecule has 1 fully saturated rings. The number of aromatic nitrogens is 2. The SMILES string of the molecule is CC[C@@](O)(c1cc(F)c2c(c1)C(=O)N(Cc1ncc(Cl)cn1)[C@@]2(OC)c1ccc(Cl)cc1)C1CCN(CCO)CC1. The average molecular weight is 604 g/mol. The molecule has 1 amide bonds. The topological polar surface area (TPSA) is 99.0 Å². The molecule has 0 saturated carbocycles. The summed E-state index contributed by atoms with van der Waals surface area (Å²) in [7, 11) is 1.42. The molecule has 0 spiro atoms. The van der Waals surface area contributed by atoms with Gasteiger partial charge in [-0.2, -0.15) is 0 Å². The van der Waals surface area contributed by atoms with Crippen LogP contribution in [0.1, 0.15) is 59.1 Å². The number of hydrogen-bond acceptors (Lipinski definition) is 7. The van der Waals surface area contributed by atoms with Crippen LogP contribution in [0.25, 0.3) is 0 Å². The van der Waals surface area contributed by atoms with Crippen LogP contribution in [-0.2, 0) is 22.6 Å². The van der Waals surface area contributed by atoms with Crippen LogP contribution in [0.5, 0.6) is 0 Å². The fourth-order valence-electron chi connectivity index (χ4n) is 6.35. The van der Waals surface area contributed by atoms with E-state index in [2.05, 4.69) is 14.9 Å². The molecule has 0 unspecified atom stereocenters. The van der Waals surface area contributed by atoms with Gasteiger partial charge >= 0.3 is 0 Å². The van der Waals surface area contributed by atoms with Crippen molar-refractivity contribution >= 4 is 29.1 Å². The Bertz CT molecular complexity index is 1400. The number of aliphatic hydroxyl groups is 2. The lowest BCUT2D eigenvalue weighted by Crippen LogP contribution is -2.46. The van der Waals surface area contributed by atoms with Gasteiger partial charge in [0.1, 0.15) is 11.6 Å². The Morgan fingerprint density at radius 3 is 2.37 bits per heavy atom. The molecule has 8 nitrogen and oxygen atoms in total. The minimum absolute atomic E-state index is 0.0567. The highest BCUT2D eigenvalue weighted by molar-refractivity contribution is 6.30. The highest BCUT2D eigenvalue weighted by Gasteiger charge is 2.54. The lowest BCUT2D eigenvalue weighted by atomic mass is 9.73. The predicted molar refractivity (Wildman–Crippen MR) is 153 cm³/mol. The average Bonchev–Trinajstić information content (AvgIpc) is 3.23. The van der Waals surface area contributed by atoms with E-state index < -0.39 is 23.1 Å². The highest BCUT2D eigenvalue weighted by Crippen LogP contribution is 2.49. The second kappa shape index (κ2) is 11.9. The molecule has 41 heavy (non-hydrogen) atoms. The maximum atomic E-state index is 16.5. The number of piperidine rings is 1. The minimum atomic E-state index is -1.64. The van der Waals surface area contributed by atoms with Crippen LogP contribution in [0, 0.1) is 11.7 Å². The fraction of sp³-hybridized carbons (Fsp3) is 0.433. The Labute approximate surface area is 248 Å². The van der Waals surface area contributed by atoms with Gasteiger partial charge in [0.05, 0.1) is 34.9 Å². The highest BCUT2D eigenvalue weighted by atomic mass is 35.5. The minimum Gasteiger partial charge on any atom is -0.395 e. The van der Waals surface area contributed by atoms with Gasteiger partial charge in [0.25, 0.3) is 5.91 Å². The third-order valence-corrected chi connectivity index (χ3v) is 8.95. The second-order valence-electron chi connectivity index (χ2n) is 10.6. The molecule has 1 saturated heterocycles. The van der Waals surface area contributed by atoms with Crippen LogP contribution >= 0.6 is 23.2 Å². The zero-order chi connectivity index (χ0) is 29.4. The van der Waals surface area contributed by atoms with E-state index >= 15 is 4.39 Å². The summed E-state index contributed by atoms with van der Waals surface area (Å²) in [6.45, 7) is 3.88. The van der Waals surface area contributed by atoms with E-state index in [1.165, 1.54) is 30.5 Å².